The largest absolute Gasteiger partial charge is 0.468 e. The van der Waals surface area contributed by atoms with Gasteiger partial charge in [-0.25, -0.2) is 9.59 Å². The van der Waals surface area contributed by atoms with Crippen LogP contribution in [0, 0.1) is 0 Å². The SMILES string of the molecule is COC(=O)[C@H](SCC[C@H](NC(=O)OC(C)(C)C)C(=O)N1CCN(C(=O)OC(C)(C)C)CC1)c1ccc(Oc2ccccc2)cc1. The van der Waals surface area contributed by atoms with Crippen LogP contribution < -0.4 is 10.1 Å². The van der Waals surface area contributed by atoms with Crippen LogP contribution in [0.15, 0.2) is 54.6 Å². The highest BCUT2D eigenvalue weighted by molar-refractivity contribution is 8.00. The molecular weight excluding hydrogens is 598 g/mol. The number of hydrogen-bond acceptors (Lipinski definition) is 9. The average molecular weight is 644 g/mol. The van der Waals surface area contributed by atoms with Crippen molar-refractivity contribution in [3.8, 4) is 11.5 Å². The number of nitrogens with one attached hydrogen (secondary N) is 1. The van der Waals surface area contributed by atoms with Crippen molar-refractivity contribution < 1.29 is 38.1 Å². The van der Waals surface area contributed by atoms with E-state index in [2.05, 4.69) is 5.32 Å². The first-order valence-corrected chi connectivity index (χ1v) is 16.0. The molecule has 0 saturated carbocycles. The van der Waals surface area contributed by atoms with Crippen LogP contribution in [0.5, 0.6) is 11.5 Å². The van der Waals surface area contributed by atoms with Crippen molar-refractivity contribution in [3.05, 3.63) is 60.2 Å². The fraction of sp³-hybridized carbons (Fsp3) is 0.515. The standard InChI is InChI=1S/C33H45N3O8S/c1-32(2,3)43-30(39)34-26(28(37)35-18-20-36(21-19-35)31(40)44-33(4,5)6)17-22-45-27(29(38)41-7)23-13-15-25(16-14-23)42-24-11-9-8-10-12-24/h8-16,26-27H,17-22H2,1-7H3,(H,34,39)/t26-,27+/m0/s1. The zero-order valence-corrected chi connectivity index (χ0v) is 28.0. The fourth-order valence-corrected chi connectivity index (χ4v) is 5.60. The maximum atomic E-state index is 13.6. The Morgan fingerprint density at radius 1 is 0.800 bits per heavy atom. The van der Waals surface area contributed by atoms with Crippen LogP contribution in [0.4, 0.5) is 9.59 Å². The minimum atomic E-state index is -0.902. The summed E-state index contributed by atoms with van der Waals surface area (Å²) < 4.78 is 21.8. The molecule has 1 heterocycles. The number of piperazine rings is 1. The Bertz CT molecular complexity index is 1280. The average Bonchev–Trinajstić information content (AvgIpc) is 2.97. The predicted molar refractivity (Wildman–Crippen MR) is 172 cm³/mol. The topological polar surface area (TPSA) is 124 Å². The molecule has 2 aromatic carbocycles. The van der Waals surface area contributed by atoms with E-state index in [1.165, 1.54) is 18.9 Å². The highest BCUT2D eigenvalue weighted by Gasteiger charge is 2.33. The first-order valence-electron chi connectivity index (χ1n) is 14.9. The first kappa shape index (κ1) is 35.5. The molecule has 1 fully saturated rings. The van der Waals surface area contributed by atoms with Crippen LogP contribution in [0.3, 0.4) is 0 Å². The summed E-state index contributed by atoms with van der Waals surface area (Å²) in [6, 6.07) is 15.6. The molecule has 0 bridgehead atoms. The minimum Gasteiger partial charge on any atom is -0.468 e. The molecule has 11 nitrogen and oxygen atoms in total. The Balaban J connectivity index is 1.66. The summed E-state index contributed by atoms with van der Waals surface area (Å²) in [7, 11) is 1.33. The van der Waals surface area contributed by atoms with Crippen LogP contribution in [0.2, 0.25) is 0 Å². The quantitative estimate of drug-likeness (QED) is 0.253. The second-order valence-electron chi connectivity index (χ2n) is 12.5. The van der Waals surface area contributed by atoms with Gasteiger partial charge in [-0.05, 0) is 83.5 Å². The number of alkyl carbamates (subject to hydrolysis) is 1. The van der Waals surface area contributed by atoms with Gasteiger partial charge in [0.1, 0.15) is 34.0 Å². The van der Waals surface area contributed by atoms with Gasteiger partial charge in [-0.3, -0.25) is 9.59 Å². The van der Waals surface area contributed by atoms with Crippen LogP contribution in [-0.4, -0.2) is 90.1 Å². The lowest BCUT2D eigenvalue weighted by molar-refractivity contribution is -0.140. The molecule has 246 valence electrons. The summed E-state index contributed by atoms with van der Waals surface area (Å²) in [5.41, 5.74) is -0.657. The number of hydrogen-bond donors (Lipinski definition) is 1. The highest BCUT2D eigenvalue weighted by Crippen LogP contribution is 2.33. The number of para-hydroxylation sites is 1. The zero-order chi connectivity index (χ0) is 33.2. The predicted octanol–water partition coefficient (Wildman–Crippen LogP) is 5.79. The van der Waals surface area contributed by atoms with Crippen molar-refractivity contribution in [1.29, 1.82) is 0 Å². The maximum absolute atomic E-state index is 13.6. The molecule has 0 unspecified atom stereocenters. The molecule has 0 aromatic heterocycles. The first-order chi connectivity index (χ1) is 21.1. The van der Waals surface area contributed by atoms with Crippen LogP contribution >= 0.6 is 11.8 Å². The van der Waals surface area contributed by atoms with Crippen LogP contribution in [-0.2, 0) is 23.8 Å². The Hall–Kier alpha value is -3.93. The van der Waals surface area contributed by atoms with E-state index in [1.54, 1.807) is 75.6 Å². The van der Waals surface area contributed by atoms with Gasteiger partial charge in [-0.15, -0.1) is 11.8 Å². The third-order valence-corrected chi connectivity index (χ3v) is 7.77. The number of benzene rings is 2. The lowest BCUT2D eigenvalue weighted by Gasteiger charge is -2.37. The van der Waals surface area contributed by atoms with E-state index in [0.717, 1.165) is 0 Å². The van der Waals surface area contributed by atoms with E-state index in [1.807, 2.05) is 30.3 Å². The molecule has 0 radical (unpaired) electrons. The molecule has 2 atom stereocenters. The normalized spacial score (nSPS) is 15.0. The van der Waals surface area contributed by atoms with E-state index in [9.17, 15) is 19.2 Å². The second-order valence-corrected chi connectivity index (χ2v) is 13.8. The lowest BCUT2D eigenvalue weighted by atomic mass is 10.1. The van der Waals surface area contributed by atoms with Crippen LogP contribution in [0.25, 0.3) is 0 Å². The molecule has 1 saturated heterocycles. The van der Waals surface area contributed by atoms with Gasteiger partial charge in [-0.2, -0.15) is 0 Å². The number of carbonyl (C=O) groups is 4. The van der Waals surface area contributed by atoms with Crippen molar-refractivity contribution >= 4 is 35.8 Å². The van der Waals surface area contributed by atoms with Crippen molar-refractivity contribution in [2.45, 2.75) is 70.5 Å². The van der Waals surface area contributed by atoms with E-state index in [0.29, 0.717) is 49.0 Å². The number of carbonyl (C=O) groups excluding carboxylic acids is 4. The summed E-state index contributed by atoms with van der Waals surface area (Å²) in [6.45, 7) is 11.8. The number of thioether (sulfide) groups is 1. The smallest absolute Gasteiger partial charge is 0.410 e. The van der Waals surface area contributed by atoms with E-state index >= 15 is 0 Å². The summed E-state index contributed by atoms with van der Waals surface area (Å²) in [5.74, 6) is 0.952. The molecule has 1 aliphatic rings. The van der Waals surface area contributed by atoms with Crippen molar-refractivity contribution in [1.82, 2.24) is 15.1 Å². The number of esters is 1. The van der Waals surface area contributed by atoms with Crippen molar-refractivity contribution in [2.75, 3.05) is 39.0 Å². The van der Waals surface area contributed by atoms with Crippen molar-refractivity contribution in [3.63, 3.8) is 0 Å². The van der Waals surface area contributed by atoms with Gasteiger partial charge in [0.25, 0.3) is 0 Å². The van der Waals surface area contributed by atoms with E-state index in [4.69, 9.17) is 18.9 Å². The van der Waals surface area contributed by atoms with Gasteiger partial charge in [0.05, 0.1) is 7.11 Å². The fourth-order valence-electron chi connectivity index (χ4n) is 4.41. The number of methoxy groups -OCH3 is 1. The molecule has 3 amide bonds. The van der Waals surface area contributed by atoms with Gasteiger partial charge in [0.2, 0.25) is 5.91 Å². The Morgan fingerprint density at radius 2 is 1.36 bits per heavy atom. The molecule has 3 rings (SSSR count). The van der Waals surface area contributed by atoms with E-state index < -0.39 is 40.6 Å². The summed E-state index contributed by atoms with van der Waals surface area (Å²) >= 11 is 1.31. The Labute approximate surface area is 269 Å². The van der Waals surface area contributed by atoms with Gasteiger partial charge in [-0.1, -0.05) is 30.3 Å². The molecule has 1 aliphatic heterocycles. The van der Waals surface area contributed by atoms with Crippen LogP contribution in [0.1, 0.15) is 58.8 Å². The molecule has 0 spiro atoms. The molecule has 0 aliphatic carbocycles. The number of amides is 3. The van der Waals surface area contributed by atoms with Gasteiger partial charge in [0, 0.05) is 26.2 Å². The molecule has 12 heteroatoms. The summed E-state index contributed by atoms with van der Waals surface area (Å²) in [4.78, 5) is 54.8. The van der Waals surface area contributed by atoms with Crippen molar-refractivity contribution in [2.24, 2.45) is 0 Å². The molecular formula is C33H45N3O8S. The number of nitrogens with zero attached hydrogens (tertiary/aromatic N) is 2. The lowest BCUT2D eigenvalue weighted by Crippen LogP contribution is -2.56. The molecule has 45 heavy (non-hydrogen) atoms. The zero-order valence-electron chi connectivity index (χ0n) is 27.2. The van der Waals surface area contributed by atoms with Gasteiger partial charge in [0.15, 0.2) is 0 Å². The minimum absolute atomic E-state index is 0.234. The number of rotatable bonds is 10. The maximum Gasteiger partial charge on any atom is 0.410 e. The van der Waals surface area contributed by atoms with E-state index in [-0.39, 0.29) is 12.3 Å². The molecule has 1 N–H and O–H groups in total. The highest BCUT2D eigenvalue weighted by atomic mass is 32.2. The molecule has 2 aromatic rings. The third kappa shape index (κ3) is 11.8. The second kappa shape index (κ2) is 15.9. The Morgan fingerprint density at radius 3 is 1.91 bits per heavy atom. The third-order valence-electron chi connectivity index (χ3n) is 6.50. The Kier molecular flexibility index (Phi) is 12.5. The van der Waals surface area contributed by atoms with Gasteiger partial charge < -0.3 is 34.1 Å². The van der Waals surface area contributed by atoms with Gasteiger partial charge >= 0.3 is 18.2 Å². The summed E-state index contributed by atoms with van der Waals surface area (Å²) in [6.07, 6.45) is -0.905. The monoisotopic (exact) mass is 643 g/mol. The number of ether oxygens (including phenoxy) is 4. The summed E-state index contributed by atoms with van der Waals surface area (Å²) in [5, 5.41) is 2.06.